The van der Waals surface area contributed by atoms with Crippen molar-refractivity contribution in [3.05, 3.63) is 84.5 Å². The summed E-state index contributed by atoms with van der Waals surface area (Å²) in [7, 11) is 0. The molecule has 5 rings (SSSR count). The number of fused-ring (bicyclic) bond motifs is 1. The van der Waals surface area contributed by atoms with E-state index in [1.54, 1.807) is 18.3 Å². The molecule has 5 aromatic rings. The Kier molecular flexibility index (Phi) is 4.57. The SMILES string of the molecule is Cc1nccc(-c2cccc(NC(=O)c3ccc(-c4nc5ccccc5s4)o3)c2)n1. The number of nitrogens with one attached hydrogen (secondary N) is 1. The average Bonchev–Trinajstić information content (AvgIpc) is 3.41. The summed E-state index contributed by atoms with van der Waals surface area (Å²) in [6, 6.07) is 20.7. The van der Waals surface area contributed by atoms with Gasteiger partial charge in [0.15, 0.2) is 16.5 Å². The molecular formula is C23H16N4O2S. The number of hydrogen-bond acceptors (Lipinski definition) is 6. The number of nitrogens with zero attached hydrogens (tertiary/aromatic N) is 3. The van der Waals surface area contributed by atoms with Crippen molar-refractivity contribution in [2.24, 2.45) is 0 Å². The molecule has 30 heavy (non-hydrogen) atoms. The van der Waals surface area contributed by atoms with E-state index in [1.165, 1.54) is 11.3 Å². The maximum Gasteiger partial charge on any atom is 0.291 e. The lowest BCUT2D eigenvalue weighted by molar-refractivity contribution is 0.0997. The maximum absolute atomic E-state index is 12.7. The van der Waals surface area contributed by atoms with Crippen LogP contribution in [0, 0.1) is 6.92 Å². The van der Waals surface area contributed by atoms with Crippen molar-refractivity contribution in [1.29, 1.82) is 0 Å². The number of carbonyl (C=O) groups is 1. The van der Waals surface area contributed by atoms with Crippen LogP contribution >= 0.6 is 11.3 Å². The zero-order valence-corrected chi connectivity index (χ0v) is 16.8. The highest BCUT2D eigenvalue weighted by Crippen LogP contribution is 2.31. The summed E-state index contributed by atoms with van der Waals surface area (Å²) < 4.78 is 6.85. The number of para-hydroxylation sites is 1. The van der Waals surface area contributed by atoms with E-state index < -0.39 is 0 Å². The van der Waals surface area contributed by atoms with E-state index in [1.807, 2.05) is 61.5 Å². The van der Waals surface area contributed by atoms with E-state index in [4.69, 9.17) is 4.42 Å². The van der Waals surface area contributed by atoms with Gasteiger partial charge in [0.1, 0.15) is 5.82 Å². The lowest BCUT2D eigenvalue weighted by atomic mass is 10.1. The molecule has 0 spiro atoms. The largest absolute Gasteiger partial charge is 0.448 e. The van der Waals surface area contributed by atoms with Crippen molar-refractivity contribution in [2.75, 3.05) is 5.32 Å². The highest BCUT2D eigenvalue weighted by molar-refractivity contribution is 7.21. The first-order valence-corrected chi connectivity index (χ1v) is 10.1. The second kappa shape index (κ2) is 7.53. The van der Waals surface area contributed by atoms with Crippen molar-refractivity contribution in [3.8, 4) is 22.0 Å². The second-order valence-electron chi connectivity index (χ2n) is 6.67. The van der Waals surface area contributed by atoms with Crippen LogP contribution in [0.1, 0.15) is 16.4 Å². The van der Waals surface area contributed by atoms with Gasteiger partial charge in [-0.1, -0.05) is 24.3 Å². The Bertz CT molecular complexity index is 1340. The normalized spacial score (nSPS) is 11.0. The van der Waals surface area contributed by atoms with Crippen molar-refractivity contribution in [3.63, 3.8) is 0 Å². The molecule has 0 bridgehead atoms. The van der Waals surface area contributed by atoms with Crippen LogP contribution in [0.4, 0.5) is 5.69 Å². The highest BCUT2D eigenvalue weighted by atomic mass is 32.1. The molecule has 0 fully saturated rings. The van der Waals surface area contributed by atoms with Gasteiger partial charge in [0, 0.05) is 17.4 Å². The van der Waals surface area contributed by atoms with Crippen molar-refractivity contribution < 1.29 is 9.21 Å². The van der Waals surface area contributed by atoms with Crippen LogP contribution < -0.4 is 5.32 Å². The van der Waals surface area contributed by atoms with Gasteiger partial charge in [-0.05, 0) is 49.4 Å². The van der Waals surface area contributed by atoms with Gasteiger partial charge < -0.3 is 9.73 Å². The first-order valence-electron chi connectivity index (χ1n) is 9.33. The first-order chi connectivity index (χ1) is 14.7. The molecule has 0 atom stereocenters. The van der Waals surface area contributed by atoms with Crippen molar-refractivity contribution >= 4 is 33.1 Å². The van der Waals surface area contributed by atoms with E-state index in [9.17, 15) is 4.79 Å². The Morgan fingerprint density at radius 1 is 1.00 bits per heavy atom. The van der Waals surface area contributed by atoms with E-state index in [-0.39, 0.29) is 11.7 Å². The summed E-state index contributed by atoms with van der Waals surface area (Å²) in [6.07, 6.45) is 1.72. The minimum Gasteiger partial charge on any atom is -0.448 e. The molecule has 3 heterocycles. The Labute approximate surface area is 176 Å². The number of amides is 1. The van der Waals surface area contributed by atoms with Crippen molar-refractivity contribution in [2.45, 2.75) is 6.92 Å². The number of furan rings is 1. The summed E-state index contributed by atoms with van der Waals surface area (Å²) in [5, 5.41) is 3.63. The van der Waals surface area contributed by atoms with Crippen LogP contribution in [0.2, 0.25) is 0 Å². The fraction of sp³-hybridized carbons (Fsp3) is 0.0435. The van der Waals surface area contributed by atoms with Gasteiger partial charge in [-0.3, -0.25) is 4.79 Å². The summed E-state index contributed by atoms with van der Waals surface area (Å²) >= 11 is 1.53. The van der Waals surface area contributed by atoms with Crippen LogP contribution in [0.3, 0.4) is 0 Å². The predicted molar refractivity (Wildman–Crippen MR) is 117 cm³/mol. The third-order valence-electron chi connectivity index (χ3n) is 4.53. The van der Waals surface area contributed by atoms with E-state index in [0.29, 0.717) is 17.3 Å². The molecule has 0 radical (unpaired) electrons. The molecule has 3 aromatic heterocycles. The van der Waals surface area contributed by atoms with Gasteiger partial charge in [0.25, 0.3) is 5.91 Å². The standard InChI is InChI=1S/C23H16N4O2S/c1-14-24-12-11-17(25-14)15-5-4-6-16(13-15)26-22(28)19-9-10-20(29-19)23-27-18-7-2-3-8-21(18)30-23/h2-13H,1H3,(H,26,28). The van der Waals surface area contributed by atoms with Crippen LogP contribution in [0.5, 0.6) is 0 Å². The zero-order valence-electron chi connectivity index (χ0n) is 16.0. The van der Waals surface area contributed by atoms with Gasteiger partial charge in [0.2, 0.25) is 0 Å². The number of benzene rings is 2. The first kappa shape index (κ1) is 18.2. The monoisotopic (exact) mass is 412 g/mol. The molecule has 0 unspecified atom stereocenters. The molecule has 1 N–H and O–H groups in total. The van der Waals surface area contributed by atoms with Gasteiger partial charge in [-0.25, -0.2) is 15.0 Å². The quantitative estimate of drug-likeness (QED) is 0.417. The van der Waals surface area contributed by atoms with Gasteiger partial charge in [-0.2, -0.15) is 0 Å². The number of thiazole rings is 1. The molecule has 7 heteroatoms. The number of anilines is 1. The van der Waals surface area contributed by atoms with Crippen LogP contribution in [0.15, 0.2) is 77.3 Å². The number of aryl methyl sites for hydroxylation is 1. The molecule has 2 aromatic carbocycles. The van der Waals surface area contributed by atoms with E-state index in [0.717, 1.165) is 26.5 Å². The minimum atomic E-state index is -0.321. The third-order valence-corrected chi connectivity index (χ3v) is 5.58. The molecule has 0 aliphatic carbocycles. The smallest absolute Gasteiger partial charge is 0.291 e. The fourth-order valence-electron chi connectivity index (χ4n) is 3.12. The zero-order chi connectivity index (χ0) is 20.5. The number of carbonyl (C=O) groups excluding carboxylic acids is 1. The topological polar surface area (TPSA) is 80.9 Å². The lowest BCUT2D eigenvalue weighted by Crippen LogP contribution is -2.10. The van der Waals surface area contributed by atoms with E-state index >= 15 is 0 Å². The van der Waals surface area contributed by atoms with Gasteiger partial charge in [0.05, 0.1) is 15.9 Å². The number of rotatable bonds is 4. The van der Waals surface area contributed by atoms with E-state index in [2.05, 4.69) is 20.3 Å². The molecule has 0 saturated heterocycles. The highest BCUT2D eigenvalue weighted by Gasteiger charge is 2.15. The summed E-state index contributed by atoms with van der Waals surface area (Å²) in [5.41, 5.74) is 3.27. The van der Waals surface area contributed by atoms with Crippen molar-refractivity contribution in [1.82, 2.24) is 15.0 Å². The Hall–Kier alpha value is -3.84. The molecule has 0 aliphatic heterocycles. The Morgan fingerprint density at radius 2 is 1.90 bits per heavy atom. The maximum atomic E-state index is 12.7. The predicted octanol–water partition coefficient (Wildman–Crippen LogP) is 5.57. The Morgan fingerprint density at radius 3 is 2.77 bits per heavy atom. The molecular weight excluding hydrogens is 396 g/mol. The average molecular weight is 412 g/mol. The third kappa shape index (κ3) is 3.58. The van der Waals surface area contributed by atoms with Gasteiger partial charge >= 0.3 is 0 Å². The van der Waals surface area contributed by atoms with Crippen LogP contribution in [-0.4, -0.2) is 20.9 Å². The number of hydrogen-bond donors (Lipinski definition) is 1. The summed E-state index contributed by atoms with van der Waals surface area (Å²) in [5.74, 6) is 1.18. The molecule has 1 amide bonds. The second-order valence-corrected chi connectivity index (χ2v) is 7.71. The Balaban J connectivity index is 1.37. The minimum absolute atomic E-state index is 0.229. The molecule has 0 saturated carbocycles. The number of aromatic nitrogens is 3. The summed E-state index contributed by atoms with van der Waals surface area (Å²) in [4.78, 5) is 25.8. The fourth-order valence-corrected chi connectivity index (χ4v) is 4.05. The summed E-state index contributed by atoms with van der Waals surface area (Å²) in [6.45, 7) is 1.84. The molecule has 6 nitrogen and oxygen atoms in total. The van der Waals surface area contributed by atoms with Crippen LogP contribution in [0.25, 0.3) is 32.2 Å². The molecule has 146 valence electrons. The molecule has 0 aliphatic rings. The van der Waals surface area contributed by atoms with Gasteiger partial charge in [-0.15, -0.1) is 11.3 Å². The van der Waals surface area contributed by atoms with Crippen LogP contribution in [-0.2, 0) is 0 Å². The lowest BCUT2D eigenvalue weighted by Gasteiger charge is -2.06.